The lowest BCUT2D eigenvalue weighted by atomic mass is 9.95. The second kappa shape index (κ2) is 9.91. The zero-order valence-electron chi connectivity index (χ0n) is 19.0. The monoisotopic (exact) mass is 496 g/mol. The molecule has 3 nitrogen and oxygen atoms in total. The number of halogens is 2. The molecule has 5 aromatic rings. The van der Waals surface area contributed by atoms with E-state index < -0.39 is 0 Å². The Bertz CT molecular complexity index is 1480. The van der Waals surface area contributed by atoms with Crippen LogP contribution in [0.25, 0.3) is 22.2 Å². The highest BCUT2D eigenvalue weighted by atomic mass is 35.5. The fraction of sp³-hybridized carbons (Fsp3) is 0.0667. The van der Waals surface area contributed by atoms with E-state index in [9.17, 15) is 4.79 Å². The van der Waals surface area contributed by atoms with Crippen molar-refractivity contribution in [1.82, 2.24) is 10.3 Å². The van der Waals surface area contributed by atoms with Crippen LogP contribution < -0.4 is 5.32 Å². The normalized spacial score (nSPS) is 11.1. The Balaban J connectivity index is 1.65. The van der Waals surface area contributed by atoms with Crippen molar-refractivity contribution in [1.29, 1.82) is 0 Å². The van der Waals surface area contributed by atoms with Crippen LogP contribution in [0.2, 0.25) is 10.0 Å². The summed E-state index contributed by atoms with van der Waals surface area (Å²) in [5, 5.41) is 5.10. The maximum Gasteiger partial charge on any atom is 0.253 e. The van der Waals surface area contributed by atoms with E-state index in [1.54, 1.807) is 12.1 Å². The van der Waals surface area contributed by atoms with E-state index in [-0.39, 0.29) is 11.9 Å². The Hall–Kier alpha value is -3.66. The number of fused-ring (bicyclic) bond motifs is 1. The van der Waals surface area contributed by atoms with E-state index in [2.05, 4.69) is 5.32 Å². The summed E-state index contributed by atoms with van der Waals surface area (Å²) < 4.78 is 0. The van der Waals surface area contributed by atoms with Gasteiger partial charge in [0.2, 0.25) is 0 Å². The van der Waals surface area contributed by atoms with Crippen molar-refractivity contribution >= 4 is 40.0 Å². The Morgan fingerprint density at radius 1 is 0.800 bits per heavy atom. The summed E-state index contributed by atoms with van der Waals surface area (Å²) in [4.78, 5) is 18.8. The number of pyridine rings is 1. The van der Waals surface area contributed by atoms with Gasteiger partial charge in [-0.1, -0.05) is 102 Å². The first-order valence-corrected chi connectivity index (χ1v) is 12.0. The summed E-state index contributed by atoms with van der Waals surface area (Å²) in [5.74, 6) is -0.176. The Morgan fingerprint density at radius 2 is 1.40 bits per heavy atom. The fourth-order valence-corrected chi connectivity index (χ4v) is 4.89. The third-order valence-corrected chi connectivity index (χ3v) is 6.64. The van der Waals surface area contributed by atoms with Crippen molar-refractivity contribution in [3.63, 3.8) is 0 Å². The quantitative estimate of drug-likeness (QED) is 0.267. The molecule has 0 radical (unpaired) electrons. The molecular formula is C30H22Cl2N2O. The molecule has 0 unspecified atom stereocenters. The molecule has 172 valence electrons. The van der Waals surface area contributed by atoms with Crippen LogP contribution in [0, 0.1) is 6.92 Å². The molecule has 0 saturated carbocycles. The van der Waals surface area contributed by atoms with Gasteiger partial charge in [0.15, 0.2) is 0 Å². The van der Waals surface area contributed by atoms with Crippen LogP contribution in [-0.4, -0.2) is 10.9 Å². The van der Waals surface area contributed by atoms with E-state index in [1.807, 2.05) is 97.9 Å². The number of benzene rings is 4. The molecule has 1 aromatic heterocycles. The first-order chi connectivity index (χ1) is 17.0. The third-order valence-electron chi connectivity index (χ3n) is 6.09. The minimum atomic E-state index is -0.307. The van der Waals surface area contributed by atoms with Gasteiger partial charge >= 0.3 is 0 Å². The number of carbonyl (C=O) groups excluding carboxylic acids is 1. The van der Waals surface area contributed by atoms with Crippen LogP contribution in [0.1, 0.15) is 33.1 Å². The molecule has 0 fully saturated rings. The van der Waals surface area contributed by atoms with Gasteiger partial charge in [0.05, 0.1) is 27.8 Å². The van der Waals surface area contributed by atoms with E-state index in [4.69, 9.17) is 28.2 Å². The predicted molar refractivity (Wildman–Crippen MR) is 144 cm³/mol. The summed E-state index contributed by atoms with van der Waals surface area (Å²) >= 11 is 12.7. The molecule has 0 atom stereocenters. The summed E-state index contributed by atoms with van der Waals surface area (Å²) in [5.41, 5.74) is 5.45. The second-order valence-electron chi connectivity index (χ2n) is 8.33. The largest absolute Gasteiger partial charge is 0.341 e. The van der Waals surface area contributed by atoms with Crippen LogP contribution in [0.3, 0.4) is 0 Å². The minimum absolute atomic E-state index is 0.176. The number of rotatable bonds is 5. The van der Waals surface area contributed by atoms with Gasteiger partial charge in [-0.15, -0.1) is 0 Å². The Labute approximate surface area is 214 Å². The highest BCUT2D eigenvalue weighted by Gasteiger charge is 2.23. The Morgan fingerprint density at radius 3 is 2.03 bits per heavy atom. The molecule has 0 aliphatic heterocycles. The lowest BCUT2D eigenvalue weighted by molar-refractivity contribution is 0.0944. The molecule has 5 rings (SSSR count). The van der Waals surface area contributed by atoms with E-state index >= 15 is 0 Å². The standard InChI is InChI=1S/C30H22Cl2N2O/c1-19-27(30(35)34-29(20-10-4-2-5-11-20)21-12-6-3-7-13-21)24-14-8-9-15-26(24)33-28(19)23-17-16-22(31)18-25(23)32/h2-18,29H,1H3,(H,34,35). The molecule has 0 bridgehead atoms. The van der Waals surface area contributed by atoms with Crippen molar-refractivity contribution in [2.75, 3.05) is 0 Å². The van der Waals surface area contributed by atoms with Gasteiger partial charge < -0.3 is 5.32 Å². The molecule has 0 aliphatic carbocycles. The number of hydrogen-bond acceptors (Lipinski definition) is 2. The topological polar surface area (TPSA) is 42.0 Å². The number of carbonyl (C=O) groups is 1. The van der Waals surface area contributed by atoms with Crippen molar-refractivity contribution < 1.29 is 4.79 Å². The summed E-state index contributed by atoms with van der Waals surface area (Å²) in [6.07, 6.45) is 0. The summed E-state index contributed by atoms with van der Waals surface area (Å²) in [7, 11) is 0. The lowest BCUT2D eigenvalue weighted by Gasteiger charge is -2.22. The molecule has 0 spiro atoms. The van der Waals surface area contributed by atoms with Gasteiger partial charge in [-0.3, -0.25) is 4.79 Å². The maximum absolute atomic E-state index is 14.0. The van der Waals surface area contributed by atoms with Gasteiger partial charge in [-0.2, -0.15) is 0 Å². The van der Waals surface area contributed by atoms with E-state index in [0.717, 1.165) is 33.2 Å². The number of amides is 1. The molecule has 1 N–H and O–H groups in total. The average molecular weight is 497 g/mol. The highest BCUT2D eigenvalue weighted by molar-refractivity contribution is 6.36. The number of aromatic nitrogens is 1. The zero-order chi connectivity index (χ0) is 24.4. The third kappa shape index (κ3) is 4.66. The first kappa shape index (κ1) is 23.1. The van der Waals surface area contributed by atoms with E-state index in [0.29, 0.717) is 21.3 Å². The molecule has 0 aliphatic rings. The minimum Gasteiger partial charge on any atom is -0.341 e. The van der Waals surface area contributed by atoms with Gasteiger partial charge in [-0.25, -0.2) is 4.98 Å². The van der Waals surface area contributed by atoms with E-state index in [1.165, 1.54) is 0 Å². The van der Waals surface area contributed by atoms with Crippen LogP contribution >= 0.6 is 23.2 Å². The average Bonchev–Trinajstić information content (AvgIpc) is 2.88. The molecule has 4 aromatic carbocycles. The van der Waals surface area contributed by atoms with Crippen LogP contribution in [0.15, 0.2) is 103 Å². The molecule has 0 saturated heterocycles. The zero-order valence-corrected chi connectivity index (χ0v) is 20.5. The molecule has 1 amide bonds. The fourth-order valence-electron chi connectivity index (χ4n) is 4.40. The number of para-hydroxylation sites is 1. The van der Waals surface area contributed by atoms with Crippen molar-refractivity contribution in [3.05, 3.63) is 135 Å². The summed E-state index contributed by atoms with van der Waals surface area (Å²) in [6, 6.07) is 32.6. The van der Waals surface area contributed by atoms with Crippen LogP contribution in [-0.2, 0) is 0 Å². The van der Waals surface area contributed by atoms with Crippen molar-refractivity contribution in [2.45, 2.75) is 13.0 Å². The number of nitrogens with one attached hydrogen (secondary N) is 1. The van der Waals surface area contributed by atoms with Crippen LogP contribution in [0.4, 0.5) is 0 Å². The first-order valence-electron chi connectivity index (χ1n) is 11.3. The van der Waals surface area contributed by atoms with Gasteiger partial charge in [0, 0.05) is 16.0 Å². The molecule has 5 heteroatoms. The van der Waals surface area contributed by atoms with Crippen molar-refractivity contribution in [2.24, 2.45) is 0 Å². The summed E-state index contributed by atoms with van der Waals surface area (Å²) in [6.45, 7) is 1.91. The maximum atomic E-state index is 14.0. The van der Waals surface area contributed by atoms with Gasteiger partial charge in [0.25, 0.3) is 5.91 Å². The lowest BCUT2D eigenvalue weighted by Crippen LogP contribution is -2.30. The molecule has 35 heavy (non-hydrogen) atoms. The molecular weight excluding hydrogens is 475 g/mol. The SMILES string of the molecule is Cc1c(-c2ccc(Cl)cc2Cl)nc2ccccc2c1C(=O)NC(c1ccccc1)c1ccccc1. The second-order valence-corrected chi connectivity index (χ2v) is 9.17. The van der Waals surface area contributed by atoms with Gasteiger partial charge in [0.1, 0.15) is 0 Å². The highest BCUT2D eigenvalue weighted by Crippen LogP contribution is 2.35. The van der Waals surface area contributed by atoms with Gasteiger partial charge in [-0.05, 0) is 47.9 Å². The Kier molecular flexibility index (Phi) is 6.54. The smallest absolute Gasteiger partial charge is 0.253 e. The molecule has 1 heterocycles. The number of hydrogen-bond donors (Lipinski definition) is 1. The number of nitrogens with zero attached hydrogens (tertiary/aromatic N) is 1. The van der Waals surface area contributed by atoms with Crippen LogP contribution in [0.5, 0.6) is 0 Å². The predicted octanol–water partition coefficient (Wildman–Crippen LogP) is 8.04. The van der Waals surface area contributed by atoms with Crippen molar-refractivity contribution in [3.8, 4) is 11.3 Å².